The first kappa shape index (κ1) is 13.4. The maximum Gasteiger partial charge on any atom is 0.232 e. The van der Waals surface area contributed by atoms with Crippen LogP contribution in [0.25, 0.3) is 0 Å². The second-order valence-corrected chi connectivity index (χ2v) is 4.98. The van der Waals surface area contributed by atoms with E-state index in [0.717, 1.165) is 5.56 Å². The molecule has 1 aliphatic rings. The predicted molar refractivity (Wildman–Crippen MR) is 68.5 cm³/mol. The summed E-state index contributed by atoms with van der Waals surface area (Å²) in [4.78, 5) is 25.0. The minimum atomic E-state index is -0.263. The van der Waals surface area contributed by atoms with Crippen molar-refractivity contribution in [2.45, 2.75) is 20.3 Å². The number of likely N-dealkylation sites (tertiary alicyclic amines) is 1. The molecule has 0 radical (unpaired) electrons. The zero-order valence-corrected chi connectivity index (χ0v) is 11.0. The summed E-state index contributed by atoms with van der Waals surface area (Å²) in [5, 5.41) is 18.6. The highest BCUT2D eigenvalue weighted by Crippen LogP contribution is 2.27. The van der Waals surface area contributed by atoms with Crippen LogP contribution in [-0.4, -0.2) is 33.5 Å². The van der Waals surface area contributed by atoms with Gasteiger partial charge in [-0.25, -0.2) is 0 Å². The molecule has 5 heteroatoms. The van der Waals surface area contributed by atoms with Crippen molar-refractivity contribution in [1.29, 1.82) is 0 Å². The average molecular weight is 263 g/mol. The summed E-state index contributed by atoms with van der Waals surface area (Å²) in [7, 11) is 0. The fourth-order valence-electron chi connectivity index (χ4n) is 2.21. The zero-order valence-electron chi connectivity index (χ0n) is 11.0. The van der Waals surface area contributed by atoms with Gasteiger partial charge in [-0.15, -0.1) is 0 Å². The highest BCUT2D eigenvalue weighted by molar-refractivity contribution is 6.04. The molecule has 1 aliphatic heterocycles. The van der Waals surface area contributed by atoms with E-state index in [1.807, 2.05) is 0 Å². The first-order valence-corrected chi connectivity index (χ1v) is 6.28. The lowest BCUT2D eigenvalue weighted by atomic mass is 10.00. The van der Waals surface area contributed by atoms with Crippen LogP contribution < -0.4 is 0 Å². The van der Waals surface area contributed by atoms with E-state index in [1.165, 1.54) is 17.0 Å². The molecular weight excluding hydrogens is 246 g/mol. The number of nitrogens with zero attached hydrogens (tertiary/aromatic N) is 1. The summed E-state index contributed by atoms with van der Waals surface area (Å²) in [6, 6.07) is 4.49. The second kappa shape index (κ2) is 4.91. The van der Waals surface area contributed by atoms with Gasteiger partial charge in [0.25, 0.3) is 0 Å². The van der Waals surface area contributed by atoms with Gasteiger partial charge in [-0.2, -0.15) is 0 Å². The number of amides is 2. The molecule has 2 atom stereocenters. The van der Waals surface area contributed by atoms with Gasteiger partial charge < -0.3 is 10.2 Å². The largest absolute Gasteiger partial charge is 0.504 e. The van der Waals surface area contributed by atoms with Gasteiger partial charge in [0.1, 0.15) is 0 Å². The average Bonchev–Trinajstić information content (AvgIpc) is 2.56. The molecule has 1 heterocycles. The highest BCUT2D eigenvalue weighted by atomic mass is 16.3. The summed E-state index contributed by atoms with van der Waals surface area (Å²) >= 11 is 0. The van der Waals surface area contributed by atoms with E-state index in [-0.39, 0.29) is 35.1 Å². The number of hydrogen-bond donors (Lipinski definition) is 2. The SMILES string of the molecule is CC1C(=O)N(CCc2ccc(O)c(O)c2)C(=O)C1C. The molecule has 1 aromatic carbocycles. The molecule has 19 heavy (non-hydrogen) atoms. The van der Waals surface area contributed by atoms with Gasteiger partial charge in [0.2, 0.25) is 11.8 Å². The maximum atomic E-state index is 11.9. The number of aromatic hydroxyl groups is 2. The molecular formula is C14H17NO4. The molecule has 1 fully saturated rings. The Morgan fingerprint density at radius 3 is 2.16 bits per heavy atom. The molecule has 2 amide bonds. The monoisotopic (exact) mass is 263 g/mol. The molecule has 1 aromatic rings. The lowest BCUT2D eigenvalue weighted by Crippen LogP contribution is -2.32. The zero-order chi connectivity index (χ0) is 14.2. The third-order valence-electron chi connectivity index (χ3n) is 3.73. The summed E-state index contributed by atoms with van der Waals surface area (Å²) in [5.41, 5.74) is 0.767. The van der Waals surface area contributed by atoms with Crippen molar-refractivity contribution in [2.75, 3.05) is 6.54 Å². The number of hydrogen-bond acceptors (Lipinski definition) is 4. The Balaban J connectivity index is 2.04. The predicted octanol–water partition coefficient (Wildman–Crippen LogP) is 1.28. The van der Waals surface area contributed by atoms with Gasteiger partial charge in [0.15, 0.2) is 11.5 Å². The van der Waals surface area contributed by atoms with Crippen LogP contribution in [-0.2, 0) is 16.0 Å². The Bertz CT molecular complexity index is 506. The van der Waals surface area contributed by atoms with Crippen LogP contribution in [0.15, 0.2) is 18.2 Å². The molecule has 0 spiro atoms. The summed E-state index contributed by atoms with van der Waals surface area (Å²) in [5.74, 6) is -1.18. The standard InChI is InChI=1S/C14H17NO4/c1-8-9(2)14(19)15(13(8)18)6-5-10-3-4-11(16)12(17)7-10/h3-4,7-9,16-17H,5-6H2,1-2H3. The van der Waals surface area contributed by atoms with Crippen LogP contribution in [0.5, 0.6) is 11.5 Å². The maximum absolute atomic E-state index is 11.9. The van der Waals surface area contributed by atoms with Gasteiger partial charge >= 0.3 is 0 Å². The number of carbonyl (C=O) groups is 2. The number of rotatable bonds is 3. The van der Waals surface area contributed by atoms with Gasteiger partial charge in [-0.3, -0.25) is 14.5 Å². The number of phenols is 2. The smallest absolute Gasteiger partial charge is 0.232 e. The van der Waals surface area contributed by atoms with Crippen molar-refractivity contribution in [3.63, 3.8) is 0 Å². The van der Waals surface area contributed by atoms with E-state index < -0.39 is 0 Å². The van der Waals surface area contributed by atoms with Crippen LogP contribution in [0.4, 0.5) is 0 Å². The van der Waals surface area contributed by atoms with E-state index >= 15 is 0 Å². The Morgan fingerprint density at radius 2 is 1.63 bits per heavy atom. The Kier molecular flexibility index (Phi) is 3.46. The van der Waals surface area contributed by atoms with Crippen LogP contribution in [0.3, 0.4) is 0 Å². The van der Waals surface area contributed by atoms with Gasteiger partial charge in [0, 0.05) is 18.4 Å². The molecule has 0 bridgehead atoms. The van der Waals surface area contributed by atoms with Crippen molar-refractivity contribution in [3.05, 3.63) is 23.8 Å². The minimum absolute atomic E-state index is 0.138. The van der Waals surface area contributed by atoms with E-state index in [1.54, 1.807) is 19.9 Å². The normalized spacial score (nSPS) is 23.2. The van der Waals surface area contributed by atoms with Gasteiger partial charge in [-0.1, -0.05) is 19.9 Å². The first-order valence-electron chi connectivity index (χ1n) is 6.28. The van der Waals surface area contributed by atoms with Crippen LogP contribution in [0.1, 0.15) is 19.4 Å². The van der Waals surface area contributed by atoms with Crippen LogP contribution in [0.2, 0.25) is 0 Å². The summed E-state index contributed by atoms with van der Waals surface area (Å²) in [6.45, 7) is 3.82. The third kappa shape index (κ3) is 2.41. The quantitative estimate of drug-likeness (QED) is 0.636. The summed E-state index contributed by atoms with van der Waals surface area (Å²) in [6.07, 6.45) is 0.463. The van der Waals surface area contributed by atoms with E-state index in [0.29, 0.717) is 13.0 Å². The topological polar surface area (TPSA) is 77.8 Å². The van der Waals surface area contributed by atoms with Crippen molar-refractivity contribution in [1.82, 2.24) is 4.90 Å². The van der Waals surface area contributed by atoms with Crippen molar-refractivity contribution >= 4 is 11.8 Å². The number of imide groups is 1. The molecule has 0 aromatic heterocycles. The highest BCUT2D eigenvalue weighted by Gasteiger charge is 2.41. The molecule has 2 rings (SSSR count). The minimum Gasteiger partial charge on any atom is -0.504 e. The Labute approximate surface area is 111 Å². The van der Waals surface area contributed by atoms with Gasteiger partial charge in [0.05, 0.1) is 0 Å². The number of carbonyl (C=O) groups excluding carboxylic acids is 2. The number of benzene rings is 1. The second-order valence-electron chi connectivity index (χ2n) is 4.98. The lowest BCUT2D eigenvalue weighted by Gasteiger charge is -2.14. The Morgan fingerprint density at radius 1 is 1.05 bits per heavy atom. The fourth-order valence-corrected chi connectivity index (χ4v) is 2.21. The Hall–Kier alpha value is -2.04. The number of phenolic OH excluding ortho intramolecular Hbond substituents is 2. The van der Waals surface area contributed by atoms with Crippen LogP contribution >= 0.6 is 0 Å². The molecule has 1 saturated heterocycles. The molecule has 2 N–H and O–H groups in total. The first-order chi connectivity index (χ1) is 8.91. The van der Waals surface area contributed by atoms with Gasteiger partial charge in [-0.05, 0) is 24.1 Å². The van der Waals surface area contributed by atoms with E-state index in [4.69, 9.17) is 0 Å². The fraction of sp³-hybridized carbons (Fsp3) is 0.429. The van der Waals surface area contributed by atoms with Crippen molar-refractivity contribution in [2.24, 2.45) is 11.8 Å². The third-order valence-corrected chi connectivity index (χ3v) is 3.73. The molecule has 2 unspecified atom stereocenters. The molecule has 102 valence electrons. The van der Waals surface area contributed by atoms with Crippen molar-refractivity contribution < 1.29 is 19.8 Å². The lowest BCUT2D eigenvalue weighted by molar-refractivity contribution is -0.139. The molecule has 5 nitrogen and oxygen atoms in total. The van der Waals surface area contributed by atoms with E-state index in [9.17, 15) is 19.8 Å². The summed E-state index contributed by atoms with van der Waals surface area (Å²) < 4.78 is 0. The molecule has 0 saturated carbocycles. The van der Waals surface area contributed by atoms with Crippen molar-refractivity contribution in [3.8, 4) is 11.5 Å². The van der Waals surface area contributed by atoms with E-state index in [2.05, 4.69) is 0 Å². The van der Waals surface area contributed by atoms with Crippen LogP contribution in [0, 0.1) is 11.8 Å². The molecule has 0 aliphatic carbocycles.